The first kappa shape index (κ1) is 6.39. The van der Waals surface area contributed by atoms with E-state index in [1.807, 2.05) is 24.8 Å². The lowest BCUT2D eigenvalue weighted by Gasteiger charge is -2.06. The first-order valence-corrected chi connectivity index (χ1v) is 3.56. The van der Waals surface area contributed by atoms with Crippen LogP contribution in [-0.4, -0.2) is 22.4 Å². The first-order chi connectivity index (χ1) is 5.29. The molecule has 1 aliphatic heterocycles. The van der Waals surface area contributed by atoms with Crippen LogP contribution in [0.3, 0.4) is 0 Å². The Bertz CT molecular complexity index is 310. The molecular weight excluding hydrogens is 140 g/mol. The van der Waals surface area contributed by atoms with Crippen molar-refractivity contribution in [3.8, 4) is 0 Å². The van der Waals surface area contributed by atoms with Gasteiger partial charge in [0.05, 0.1) is 6.21 Å². The second kappa shape index (κ2) is 2.08. The zero-order valence-corrected chi connectivity index (χ0v) is 6.63. The lowest BCUT2D eigenvalue weighted by atomic mass is 10.4. The van der Waals surface area contributed by atoms with Crippen molar-refractivity contribution in [2.24, 2.45) is 12.0 Å². The van der Waals surface area contributed by atoms with E-state index in [0.717, 1.165) is 17.3 Å². The summed E-state index contributed by atoms with van der Waals surface area (Å²) >= 11 is 0. The van der Waals surface area contributed by atoms with Crippen LogP contribution in [0.1, 0.15) is 11.5 Å². The number of hydrogen-bond donors (Lipinski definition) is 1. The number of nitrogens with one attached hydrogen (secondary N) is 1. The van der Waals surface area contributed by atoms with Crippen LogP contribution in [0.5, 0.6) is 0 Å². The maximum atomic E-state index is 4.31. The number of hydrogen-bond acceptors (Lipinski definition) is 3. The fourth-order valence-corrected chi connectivity index (χ4v) is 1.16. The van der Waals surface area contributed by atoms with Crippen molar-refractivity contribution in [3.05, 3.63) is 11.5 Å². The molecule has 11 heavy (non-hydrogen) atoms. The summed E-state index contributed by atoms with van der Waals surface area (Å²) in [5.41, 5.74) is 1.06. The van der Waals surface area contributed by atoms with Crippen molar-refractivity contribution in [2.45, 2.75) is 6.92 Å². The molecule has 0 radical (unpaired) electrons. The van der Waals surface area contributed by atoms with Crippen molar-refractivity contribution < 1.29 is 0 Å². The molecule has 58 valence electrons. The SMILES string of the molecule is Cc1nc2c(n1C)C=NCN2. The summed E-state index contributed by atoms with van der Waals surface area (Å²) < 4.78 is 2.02. The highest BCUT2D eigenvalue weighted by atomic mass is 15.2. The van der Waals surface area contributed by atoms with Gasteiger partial charge in [-0.2, -0.15) is 0 Å². The molecule has 1 aromatic heterocycles. The van der Waals surface area contributed by atoms with Gasteiger partial charge in [0, 0.05) is 7.05 Å². The Morgan fingerprint density at radius 3 is 3.18 bits per heavy atom. The van der Waals surface area contributed by atoms with Gasteiger partial charge in [0.25, 0.3) is 0 Å². The fraction of sp³-hybridized carbons (Fsp3) is 0.429. The molecule has 4 heteroatoms. The number of anilines is 1. The van der Waals surface area contributed by atoms with Gasteiger partial charge in [-0.05, 0) is 6.92 Å². The predicted molar refractivity (Wildman–Crippen MR) is 44.0 cm³/mol. The largest absolute Gasteiger partial charge is 0.349 e. The summed E-state index contributed by atoms with van der Waals surface area (Å²) in [6, 6.07) is 0. The van der Waals surface area contributed by atoms with E-state index in [-0.39, 0.29) is 0 Å². The number of aryl methyl sites for hydroxylation is 1. The van der Waals surface area contributed by atoms with Crippen LogP contribution in [0.15, 0.2) is 4.99 Å². The standard InChI is InChI=1S/C7H10N4/c1-5-10-7-6(11(5)2)3-8-4-9-7/h3,9H,4H2,1-2H3. The topological polar surface area (TPSA) is 42.2 Å². The number of fused-ring (bicyclic) bond motifs is 1. The summed E-state index contributed by atoms with van der Waals surface area (Å²) in [5.74, 6) is 1.95. The highest BCUT2D eigenvalue weighted by molar-refractivity contribution is 5.86. The molecule has 0 unspecified atom stereocenters. The van der Waals surface area contributed by atoms with Gasteiger partial charge in [-0.25, -0.2) is 4.98 Å². The third-order valence-corrected chi connectivity index (χ3v) is 1.91. The molecule has 2 rings (SSSR count). The van der Waals surface area contributed by atoms with Crippen LogP contribution in [0.2, 0.25) is 0 Å². The zero-order chi connectivity index (χ0) is 7.84. The first-order valence-electron chi connectivity index (χ1n) is 3.56. The summed E-state index contributed by atoms with van der Waals surface area (Å²) in [6.45, 7) is 2.62. The zero-order valence-electron chi connectivity index (χ0n) is 6.63. The second-order valence-electron chi connectivity index (χ2n) is 2.60. The minimum absolute atomic E-state index is 0.642. The molecule has 1 aliphatic rings. The summed E-state index contributed by atoms with van der Waals surface area (Å²) in [6.07, 6.45) is 1.85. The molecule has 2 heterocycles. The fourth-order valence-electron chi connectivity index (χ4n) is 1.16. The number of aromatic nitrogens is 2. The smallest absolute Gasteiger partial charge is 0.155 e. The van der Waals surface area contributed by atoms with Gasteiger partial charge in [0.1, 0.15) is 18.2 Å². The van der Waals surface area contributed by atoms with E-state index in [1.165, 1.54) is 0 Å². The van der Waals surface area contributed by atoms with Gasteiger partial charge in [0.15, 0.2) is 5.82 Å². The summed E-state index contributed by atoms with van der Waals surface area (Å²) in [7, 11) is 1.99. The van der Waals surface area contributed by atoms with E-state index in [2.05, 4.69) is 15.3 Å². The molecule has 0 amide bonds. The molecule has 0 atom stereocenters. The quantitative estimate of drug-likeness (QED) is 0.586. The van der Waals surface area contributed by atoms with E-state index in [9.17, 15) is 0 Å². The van der Waals surface area contributed by atoms with Crippen molar-refractivity contribution in [3.63, 3.8) is 0 Å². The third kappa shape index (κ3) is 0.824. The highest BCUT2D eigenvalue weighted by Gasteiger charge is 2.11. The molecule has 0 aromatic carbocycles. The average Bonchev–Trinajstić information content (AvgIpc) is 2.30. The Morgan fingerprint density at radius 2 is 2.45 bits per heavy atom. The van der Waals surface area contributed by atoms with Crippen molar-refractivity contribution >= 4 is 12.0 Å². The van der Waals surface area contributed by atoms with Crippen LogP contribution in [0.4, 0.5) is 5.82 Å². The van der Waals surface area contributed by atoms with E-state index >= 15 is 0 Å². The molecule has 0 saturated heterocycles. The van der Waals surface area contributed by atoms with E-state index in [4.69, 9.17) is 0 Å². The van der Waals surface area contributed by atoms with Gasteiger partial charge < -0.3 is 9.88 Å². The van der Waals surface area contributed by atoms with E-state index < -0.39 is 0 Å². The molecule has 0 bridgehead atoms. The highest BCUT2D eigenvalue weighted by Crippen LogP contribution is 2.15. The second-order valence-corrected chi connectivity index (χ2v) is 2.60. The number of aliphatic imine (C=N–C) groups is 1. The maximum absolute atomic E-state index is 4.31. The van der Waals surface area contributed by atoms with Crippen molar-refractivity contribution in [2.75, 3.05) is 12.0 Å². The number of nitrogens with zero attached hydrogens (tertiary/aromatic N) is 3. The van der Waals surface area contributed by atoms with Gasteiger partial charge in [0.2, 0.25) is 0 Å². The Labute approximate surface area is 65.0 Å². The minimum Gasteiger partial charge on any atom is -0.349 e. The van der Waals surface area contributed by atoms with Crippen LogP contribution in [0.25, 0.3) is 0 Å². The monoisotopic (exact) mass is 150 g/mol. The maximum Gasteiger partial charge on any atom is 0.155 e. The summed E-state index contributed by atoms with van der Waals surface area (Å²) in [5, 5.41) is 3.09. The summed E-state index contributed by atoms with van der Waals surface area (Å²) in [4.78, 5) is 8.41. The Hall–Kier alpha value is -1.32. The van der Waals surface area contributed by atoms with E-state index in [1.54, 1.807) is 0 Å². The van der Waals surface area contributed by atoms with Gasteiger partial charge in [-0.15, -0.1) is 0 Å². The Kier molecular flexibility index (Phi) is 1.21. The molecule has 1 aromatic rings. The molecule has 0 saturated carbocycles. The molecule has 0 fully saturated rings. The molecule has 0 aliphatic carbocycles. The molecule has 0 spiro atoms. The van der Waals surface area contributed by atoms with E-state index in [0.29, 0.717) is 6.67 Å². The molecule has 4 nitrogen and oxygen atoms in total. The lowest BCUT2D eigenvalue weighted by Crippen LogP contribution is -2.09. The van der Waals surface area contributed by atoms with Crippen LogP contribution in [0, 0.1) is 6.92 Å². The predicted octanol–water partition coefficient (Wildman–Crippen LogP) is 0.530. The Balaban J connectivity index is 2.61. The van der Waals surface area contributed by atoms with Gasteiger partial charge >= 0.3 is 0 Å². The van der Waals surface area contributed by atoms with Crippen molar-refractivity contribution in [1.29, 1.82) is 0 Å². The molecule has 1 N–H and O–H groups in total. The van der Waals surface area contributed by atoms with Crippen LogP contribution in [-0.2, 0) is 7.05 Å². The van der Waals surface area contributed by atoms with Crippen LogP contribution >= 0.6 is 0 Å². The average molecular weight is 150 g/mol. The van der Waals surface area contributed by atoms with Gasteiger partial charge in [-0.1, -0.05) is 0 Å². The Morgan fingerprint density at radius 1 is 1.64 bits per heavy atom. The van der Waals surface area contributed by atoms with Gasteiger partial charge in [-0.3, -0.25) is 4.99 Å². The van der Waals surface area contributed by atoms with Crippen molar-refractivity contribution in [1.82, 2.24) is 9.55 Å². The third-order valence-electron chi connectivity index (χ3n) is 1.91. The lowest BCUT2D eigenvalue weighted by molar-refractivity contribution is 0.851. The normalized spacial score (nSPS) is 14.4. The number of rotatable bonds is 0. The minimum atomic E-state index is 0.642. The van der Waals surface area contributed by atoms with Crippen LogP contribution < -0.4 is 5.32 Å². The number of imidazole rings is 1. The molecular formula is C7H10N4.